The zero-order valence-corrected chi connectivity index (χ0v) is 8.04. The molecule has 2 aromatic rings. The number of nitrogens with zero attached hydrogens (tertiary/aromatic N) is 2. The van der Waals surface area contributed by atoms with Crippen LogP contribution in [-0.2, 0) is 12.7 Å². The molecule has 2 nitrogen and oxygen atoms in total. The zero-order valence-electron chi connectivity index (χ0n) is 8.04. The Balaban J connectivity index is 2.58. The number of hydrogen-bond acceptors (Lipinski definition) is 1. The maximum absolute atomic E-state index is 12.4. The first-order valence-corrected chi connectivity index (χ1v) is 4.54. The van der Waals surface area contributed by atoms with Gasteiger partial charge in [-0.2, -0.15) is 13.2 Å². The summed E-state index contributed by atoms with van der Waals surface area (Å²) in [6, 6.07) is 3.60. The van der Waals surface area contributed by atoms with Gasteiger partial charge in [-0.1, -0.05) is 0 Å². The Hall–Kier alpha value is -1.52. The van der Waals surface area contributed by atoms with Gasteiger partial charge in [0.15, 0.2) is 0 Å². The molecule has 0 bridgehead atoms. The van der Waals surface area contributed by atoms with E-state index >= 15 is 0 Å². The van der Waals surface area contributed by atoms with Gasteiger partial charge in [0.1, 0.15) is 0 Å². The zero-order chi connectivity index (χ0) is 11.1. The van der Waals surface area contributed by atoms with Gasteiger partial charge in [0, 0.05) is 6.54 Å². The molecule has 0 unspecified atom stereocenters. The molecule has 0 aliphatic carbocycles. The maximum Gasteiger partial charge on any atom is 0.416 e. The lowest BCUT2D eigenvalue weighted by Crippen LogP contribution is -2.04. The van der Waals surface area contributed by atoms with Crippen molar-refractivity contribution in [2.75, 3.05) is 0 Å². The summed E-state index contributed by atoms with van der Waals surface area (Å²) in [4.78, 5) is 3.93. The van der Waals surface area contributed by atoms with E-state index in [9.17, 15) is 13.2 Å². The fourth-order valence-electron chi connectivity index (χ4n) is 1.49. The molecule has 0 atom stereocenters. The second-order valence-electron chi connectivity index (χ2n) is 3.23. The van der Waals surface area contributed by atoms with E-state index in [1.165, 1.54) is 6.07 Å². The molecule has 1 aromatic heterocycles. The summed E-state index contributed by atoms with van der Waals surface area (Å²) in [5.74, 6) is 0. The minimum atomic E-state index is -4.30. The van der Waals surface area contributed by atoms with Gasteiger partial charge in [0.05, 0.1) is 22.9 Å². The van der Waals surface area contributed by atoms with Crippen molar-refractivity contribution in [1.29, 1.82) is 0 Å². The lowest BCUT2D eigenvalue weighted by atomic mass is 10.2. The van der Waals surface area contributed by atoms with E-state index in [4.69, 9.17) is 0 Å². The Kier molecular flexibility index (Phi) is 2.17. The maximum atomic E-state index is 12.4. The average molecular weight is 214 g/mol. The third-order valence-corrected chi connectivity index (χ3v) is 2.29. The van der Waals surface area contributed by atoms with Crippen LogP contribution in [0.5, 0.6) is 0 Å². The van der Waals surface area contributed by atoms with Gasteiger partial charge in [-0.25, -0.2) is 4.98 Å². The molecule has 0 aliphatic rings. The van der Waals surface area contributed by atoms with Crippen LogP contribution in [0.1, 0.15) is 12.5 Å². The normalized spacial score (nSPS) is 12.3. The average Bonchev–Trinajstić information content (AvgIpc) is 2.58. The number of imidazole rings is 1. The van der Waals surface area contributed by atoms with Crippen molar-refractivity contribution in [2.24, 2.45) is 0 Å². The van der Waals surface area contributed by atoms with Crippen molar-refractivity contribution in [3.63, 3.8) is 0 Å². The first-order chi connectivity index (χ1) is 7.02. The van der Waals surface area contributed by atoms with Crippen LogP contribution in [0.25, 0.3) is 11.0 Å². The Morgan fingerprint density at radius 1 is 1.33 bits per heavy atom. The third-order valence-electron chi connectivity index (χ3n) is 2.29. The van der Waals surface area contributed by atoms with E-state index in [2.05, 4.69) is 4.98 Å². The van der Waals surface area contributed by atoms with Crippen molar-refractivity contribution in [1.82, 2.24) is 9.55 Å². The van der Waals surface area contributed by atoms with E-state index in [1.807, 2.05) is 6.92 Å². The molecule has 0 amide bonds. The lowest BCUT2D eigenvalue weighted by Gasteiger charge is -2.06. The van der Waals surface area contributed by atoms with Crippen molar-refractivity contribution in [3.8, 4) is 0 Å². The molecule has 2 rings (SSSR count). The van der Waals surface area contributed by atoms with Crippen molar-refractivity contribution >= 4 is 11.0 Å². The Bertz CT molecular complexity index is 485. The smallest absolute Gasteiger partial charge is 0.331 e. The number of rotatable bonds is 1. The monoisotopic (exact) mass is 214 g/mol. The molecule has 5 heteroatoms. The van der Waals surface area contributed by atoms with E-state index in [0.29, 0.717) is 12.1 Å². The van der Waals surface area contributed by atoms with Crippen LogP contribution in [0, 0.1) is 0 Å². The highest BCUT2D eigenvalue weighted by Gasteiger charge is 2.30. The first-order valence-electron chi connectivity index (χ1n) is 4.54. The van der Waals surface area contributed by atoms with Crippen LogP contribution >= 0.6 is 0 Å². The number of fused-ring (bicyclic) bond motifs is 1. The minimum Gasteiger partial charge on any atom is -0.331 e. The number of hydrogen-bond donors (Lipinski definition) is 0. The molecule has 1 aromatic carbocycles. The van der Waals surface area contributed by atoms with Crippen molar-refractivity contribution in [2.45, 2.75) is 19.6 Å². The van der Waals surface area contributed by atoms with Gasteiger partial charge >= 0.3 is 6.18 Å². The predicted molar refractivity (Wildman–Crippen MR) is 50.4 cm³/mol. The molecule has 0 fully saturated rings. The summed E-state index contributed by atoms with van der Waals surface area (Å²) in [6.45, 7) is 2.61. The summed E-state index contributed by atoms with van der Waals surface area (Å²) >= 11 is 0. The second-order valence-corrected chi connectivity index (χ2v) is 3.23. The standard InChI is InChI=1S/C10H9F3N2/c1-2-15-6-14-8-5-7(10(11,12)13)3-4-9(8)15/h3-6H,2H2,1H3. The lowest BCUT2D eigenvalue weighted by molar-refractivity contribution is -0.137. The van der Waals surface area contributed by atoms with Crippen molar-refractivity contribution in [3.05, 3.63) is 30.1 Å². The fourth-order valence-corrected chi connectivity index (χ4v) is 1.49. The van der Waals surface area contributed by atoms with Crippen LogP contribution in [-0.4, -0.2) is 9.55 Å². The summed E-state index contributed by atoms with van der Waals surface area (Å²) in [5.41, 5.74) is 0.452. The van der Waals surface area contributed by atoms with E-state index < -0.39 is 11.7 Å². The fraction of sp³-hybridized carbons (Fsp3) is 0.300. The second kappa shape index (κ2) is 3.25. The molecular formula is C10H9F3N2. The summed E-state index contributed by atoms with van der Waals surface area (Å²) in [7, 11) is 0. The largest absolute Gasteiger partial charge is 0.416 e. The van der Waals surface area contributed by atoms with Crippen LogP contribution < -0.4 is 0 Å². The highest BCUT2D eigenvalue weighted by Crippen LogP contribution is 2.30. The molecule has 0 spiro atoms. The van der Waals surface area contributed by atoms with Gasteiger partial charge < -0.3 is 4.57 Å². The summed E-state index contributed by atoms with van der Waals surface area (Å²) < 4.78 is 38.9. The molecule has 1 heterocycles. The van der Waals surface area contributed by atoms with E-state index in [0.717, 1.165) is 17.6 Å². The Morgan fingerprint density at radius 2 is 2.07 bits per heavy atom. The first kappa shape index (κ1) is 10.0. The van der Waals surface area contributed by atoms with E-state index in [-0.39, 0.29) is 0 Å². The number of aryl methyl sites for hydroxylation is 1. The van der Waals surface area contributed by atoms with Crippen LogP contribution in [0.4, 0.5) is 13.2 Å². The van der Waals surface area contributed by atoms with Crippen molar-refractivity contribution < 1.29 is 13.2 Å². The van der Waals surface area contributed by atoms with Crippen LogP contribution in [0.15, 0.2) is 24.5 Å². The minimum absolute atomic E-state index is 0.381. The number of benzene rings is 1. The van der Waals surface area contributed by atoms with Crippen LogP contribution in [0.3, 0.4) is 0 Å². The van der Waals surface area contributed by atoms with Gasteiger partial charge in [-0.05, 0) is 25.1 Å². The molecule has 15 heavy (non-hydrogen) atoms. The summed E-state index contributed by atoms with van der Waals surface area (Å²) in [6.07, 6.45) is -2.75. The predicted octanol–water partition coefficient (Wildman–Crippen LogP) is 3.08. The van der Waals surface area contributed by atoms with Gasteiger partial charge in [-0.15, -0.1) is 0 Å². The number of aromatic nitrogens is 2. The topological polar surface area (TPSA) is 17.8 Å². The number of alkyl halides is 3. The SMILES string of the molecule is CCn1cnc2cc(C(F)(F)F)ccc21. The van der Waals surface area contributed by atoms with Gasteiger partial charge in [-0.3, -0.25) is 0 Å². The van der Waals surface area contributed by atoms with Crippen LogP contribution in [0.2, 0.25) is 0 Å². The van der Waals surface area contributed by atoms with Gasteiger partial charge in [0.2, 0.25) is 0 Å². The molecule has 80 valence electrons. The van der Waals surface area contributed by atoms with Gasteiger partial charge in [0.25, 0.3) is 0 Å². The number of halogens is 3. The highest BCUT2D eigenvalue weighted by atomic mass is 19.4. The highest BCUT2D eigenvalue weighted by molar-refractivity contribution is 5.76. The summed E-state index contributed by atoms with van der Waals surface area (Å²) in [5, 5.41) is 0. The molecular weight excluding hydrogens is 205 g/mol. The molecule has 0 saturated heterocycles. The molecule has 0 saturated carbocycles. The quantitative estimate of drug-likeness (QED) is 0.713. The molecule has 0 N–H and O–H groups in total. The Labute approximate surface area is 84.3 Å². The molecule has 0 aliphatic heterocycles. The third kappa shape index (κ3) is 1.69. The molecule has 0 radical (unpaired) electrons. The Morgan fingerprint density at radius 3 is 2.67 bits per heavy atom. The van der Waals surface area contributed by atoms with E-state index in [1.54, 1.807) is 10.9 Å².